The lowest BCUT2D eigenvalue weighted by atomic mass is 10.3. The van der Waals surface area contributed by atoms with Crippen LogP contribution in [-0.2, 0) is 4.79 Å². The van der Waals surface area contributed by atoms with Crippen LogP contribution in [0.4, 0.5) is 0 Å². The summed E-state index contributed by atoms with van der Waals surface area (Å²) < 4.78 is 0. The van der Waals surface area contributed by atoms with Crippen molar-refractivity contribution in [2.24, 2.45) is 0 Å². The zero-order valence-electron chi connectivity index (χ0n) is 7.83. The molecule has 0 unspecified atom stereocenters. The minimum Gasteiger partial charge on any atom is -0.396 e. The number of para-hydroxylation sites is 1. The van der Waals surface area contributed by atoms with E-state index in [1.54, 1.807) is 18.2 Å². The summed E-state index contributed by atoms with van der Waals surface area (Å²) in [6.07, 6.45) is -0.0613. The van der Waals surface area contributed by atoms with Crippen LogP contribution in [0.3, 0.4) is 0 Å². The molecule has 2 rings (SSSR count). The highest BCUT2D eigenvalue weighted by Crippen LogP contribution is 2.07. The van der Waals surface area contributed by atoms with Gasteiger partial charge in [0.2, 0.25) is 0 Å². The molecule has 1 aromatic heterocycles. The van der Waals surface area contributed by atoms with Gasteiger partial charge in [-0.1, -0.05) is 17.0 Å². The van der Waals surface area contributed by atoms with Gasteiger partial charge in [0.25, 0.3) is 0 Å². The number of rotatable bonds is 3. The Morgan fingerprint density at radius 1 is 1.47 bits per heavy atom. The van der Waals surface area contributed by atoms with Crippen LogP contribution in [0.15, 0.2) is 24.3 Å². The van der Waals surface area contributed by atoms with Crippen molar-refractivity contribution in [2.45, 2.75) is 6.42 Å². The van der Waals surface area contributed by atoms with Crippen LogP contribution >= 0.6 is 0 Å². The Morgan fingerprint density at radius 2 is 2.27 bits per heavy atom. The van der Waals surface area contributed by atoms with Gasteiger partial charge in [0, 0.05) is 0 Å². The lowest BCUT2D eigenvalue weighted by Crippen LogP contribution is -2.21. The van der Waals surface area contributed by atoms with Gasteiger partial charge in [0.1, 0.15) is 11.0 Å². The monoisotopic (exact) mass is 207 g/mol. The summed E-state index contributed by atoms with van der Waals surface area (Å²) in [6.45, 7) is -0.245. The molecule has 15 heavy (non-hydrogen) atoms. The van der Waals surface area contributed by atoms with Gasteiger partial charge < -0.3 is 9.94 Å². The normalized spacial score (nSPS) is 10.5. The molecule has 6 nitrogen and oxygen atoms in total. The number of carbonyl (C=O) groups excluding carboxylic acids is 1. The van der Waals surface area contributed by atoms with Crippen molar-refractivity contribution in [1.82, 2.24) is 15.2 Å². The van der Waals surface area contributed by atoms with E-state index in [4.69, 9.17) is 9.94 Å². The van der Waals surface area contributed by atoms with Gasteiger partial charge >= 0.3 is 5.97 Å². The zero-order chi connectivity index (χ0) is 10.7. The van der Waals surface area contributed by atoms with Crippen LogP contribution in [0, 0.1) is 0 Å². The third-order valence-corrected chi connectivity index (χ3v) is 1.83. The smallest absolute Gasteiger partial charge is 0.337 e. The molecule has 0 atom stereocenters. The van der Waals surface area contributed by atoms with Crippen molar-refractivity contribution in [3.8, 4) is 0 Å². The van der Waals surface area contributed by atoms with E-state index in [1.807, 2.05) is 6.07 Å². The van der Waals surface area contributed by atoms with Gasteiger partial charge in [-0.15, -0.1) is 5.10 Å². The predicted molar refractivity (Wildman–Crippen MR) is 50.8 cm³/mol. The van der Waals surface area contributed by atoms with Gasteiger partial charge in [0.15, 0.2) is 0 Å². The predicted octanol–water partition coefficient (Wildman–Crippen LogP) is -0.231. The van der Waals surface area contributed by atoms with E-state index in [9.17, 15) is 4.79 Å². The molecule has 0 amide bonds. The molecule has 2 aromatic rings. The van der Waals surface area contributed by atoms with Crippen LogP contribution in [0.5, 0.6) is 0 Å². The van der Waals surface area contributed by atoms with E-state index in [2.05, 4.69) is 10.3 Å². The second-order valence-corrected chi connectivity index (χ2v) is 2.89. The minimum atomic E-state index is -0.548. The summed E-state index contributed by atoms with van der Waals surface area (Å²) in [4.78, 5) is 17.0. The van der Waals surface area contributed by atoms with E-state index >= 15 is 0 Å². The van der Waals surface area contributed by atoms with Crippen molar-refractivity contribution in [2.75, 3.05) is 6.61 Å². The molecule has 0 radical (unpaired) electrons. The Kier molecular flexibility index (Phi) is 2.59. The Balaban J connectivity index is 2.25. The average molecular weight is 207 g/mol. The van der Waals surface area contributed by atoms with Gasteiger partial charge in [-0.05, 0) is 17.3 Å². The first-order valence-electron chi connectivity index (χ1n) is 4.44. The topological polar surface area (TPSA) is 77.2 Å². The van der Waals surface area contributed by atoms with Crippen LogP contribution in [0.2, 0.25) is 0 Å². The summed E-state index contributed by atoms with van der Waals surface area (Å²) in [5.74, 6) is -0.548. The van der Waals surface area contributed by atoms with E-state index < -0.39 is 5.97 Å². The second kappa shape index (κ2) is 4.05. The lowest BCUT2D eigenvalue weighted by Gasteiger charge is -2.00. The molecule has 1 heterocycles. The Hall–Kier alpha value is -1.95. The third kappa shape index (κ3) is 1.94. The van der Waals surface area contributed by atoms with Crippen molar-refractivity contribution in [1.29, 1.82) is 0 Å². The largest absolute Gasteiger partial charge is 0.396 e. The summed E-state index contributed by atoms with van der Waals surface area (Å²) in [6, 6.07) is 7.11. The number of nitrogens with zero attached hydrogens (tertiary/aromatic N) is 3. The van der Waals surface area contributed by atoms with Gasteiger partial charge in [0.05, 0.1) is 13.0 Å². The molecule has 1 aromatic carbocycles. The molecular formula is C9H9N3O3. The van der Waals surface area contributed by atoms with Gasteiger partial charge in [-0.3, -0.25) is 0 Å². The Bertz CT molecular complexity index is 480. The van der Waals surface area contributed by atoms with Crippen LogP contribution < -0.4 is 4.84 Å². The van der Waals surface area contributed by atoms with E-state index in [1.165, 1.54) is 0 Å². The van der Waals surface area contributed by atoms with Crippen molar-refractivity contribution in [3.63, 3.8) is 0 Å². The number of hydrogen-bond acceptors (Lipinski definition) is 5. The highest BCUT2D eigenvalue weighted by atomic mass is 16.7. The van der Waals surface area contributed by atoms with Gasteiger partial charge in [-0.2, -0.15) is 0 Å². The quantitative estimate of drug-likeness (QED) is 0.703. The molecule has 0 aliphatic rings. The highest BCUT2D eigenvalue weighted by Gasteiger charge is 2.08. The molecule has 0 aliphatic heterocycles. The number of aliphatic hydroxyl groups excluding tert-OH is 1. The highest BCUT2D eigenvalue weighted by molar-refractivity contribution is 5.75. The molecule has 0 saturated carbocycles. The van der Waals surface area contributed by atoms with Crippen LogP contribution in [0.1, 0.15) is 6.42 Å². The molecule has 1 N–H and O–H groups in total. The maximum absolute atomic E-state index is 11.1. The number of hydrogen-bond donors (Lipinski definition) is 1. The fourth-order valence-electron chi connectivity index (χ4n) is 1.15. The molecule has 0 fully saturated rings. The molecule has 0 saturated heterocycles. The molecule has 6 heteroatoms. The first-order valence-corrected chi connectivity index (χ1v) is 4.44. The average Bonchev–Trinajstić information content (AvgIpc) is 2.62. The summed E-state index contributed by atoms with van der Waals surface area (Å²) in [7, 11) is 0. The maximum atomic E-state index is 11.1. The number of aliphatic hydroxyl groups is 1. The fourth-order valence-corrected chi connectivity index (χ4v) is 1.15. The number of benzene rings is 1. The van der Waals surface area contributed by atoms with Crippen molar-refractivity contribution >= 4 is 17.0 Å². The molecule has 78 valence electrons. The third-order valence-electron chi connectivity index (χ3n) is 1.83. The van der Waals surface area contributed by atoms with Crippen LogP contribution in [0.25, 0.3) is 11.0 Å². The molecule has 0 aliphatic carbocycles. The molecule has 0 bridgehead atoms. The number of fused-ring (bicyclic) bond motifs is 1. The Labute approximate surface area is 85.0 Å². The first kappa shape index (κ1) is 9.60. The maximum Gasteiger partial charge on any atom is 0.337 e. The molecular weight excluding hydrogens is 198 g/mol. The number of aromatic nitrogens is 3. The van der Waals surface area contributed by atoms with E-state index in [-0.39, 0.29) is 13.0 Å². The summed E-state index contributed by atoms with van der Waals surface area (Å²) in [5, 5.41) is 16.0. The zero-order valence-corrected chi connectivity index (χ0v) is 7.83. The van der Waals surface area contributed by atoms with Crippen LogP contribution in [-0.4, -0.2) is 32.8 Å². The standard InChI is InChI=1S/C9H9N3O3/c13-6-5-9(14)15-12-8-4-2-1-3-7(8)10-11-12/h1-4,13H,5-6H2. The van der Waals surface area contributed by atoms with Gasteiger partial charge in [-0.25, -0.2) is 4.79 Å². The Morgan fingerprint density at radius 3 is 3.07 bits per heavy atom. The first-order chi connectivity index (χ1) is 7.31. The number of carbonyl (C=O) groups is 1. The minimum absolute atomic E-state index is 0.0613. The summed E-state index contributed by atoms with van der Waals surface area (Å²) >= 11 is 0. The van der Waals surface area contributed by atoms with E-state index in [0.717, 1.165) is 4.85 Å². The summed E-state index contributed by atoms with van der Waals surface area (Å²) in [5.41, 5.74) is 1.26. The fraction of sp³-hybridized carbons (Fsp3) is 0.222. The van der Waals surface area contributed by atoms with Crippen molar-refractivity contribution < 1.29 is 14.7 Å². The SMILES string of the molecule is O=C(CCO)On1nnc2ccccc21. The van der Waals surface area contributed by atoms with Crippen molar-refractivity contribution in [3.05, 3.63) is 24.3 Å². The molecule has 0 spiro atoms. The van der Waals surface area contributed by atoms with E-state index in [0.29, 0.717) is 11.0 Å². The second-order valence-electron chi connectivity index (χ2n) is 2.89. The lowest BCUT2D eigenvalue weighted by molar-refractivity contribution is -0.146.